The predicted octanol–water partition coefficient (Wildman–Crippen LogP) is 4.09. The van der Waals surface area contributed by atoms with E-state index in [1.54, 1.807) is 12.1 Å². The highest BCUT2D eigenvalue weighted by atomic mass is 16.5. The van der Waals surface area contributed by atoms with E-state index in [4.69, 9.17) is 4.74 Å². The molecule has 2 aromatic rings. The number of aromatic hydroxyl groups is 1. The molecule has 1 heterocycles. The maximum atomic E-state index is 9.76. The molecule has 0 saturated heterocycles. The van der Waals surface area contributed by atoms with Gasteiger partial charge in [-0.1, -0.05) is 42.0 Å². The van der Waals surface area contributed by atoms with Crippen LogP contribution in [-0.4, -0.2) is 24.3 Å². The van der Waals surface area contributed by atoms with E-state index in [0.29, 0.717) is 0 Å². The molecule has 3 heteroatoms. The maximum Gasteiger partial charge on any atom is 0.143 e. The van der Waals surface area contributed by atoms with Gasteiger partial charge in [0.05, 0.1) is 12.2 Å². The Morgan fingerprint density at radius 3 is 2.70 bits per heavy atom. The highest BCUT2D eigenvalue weighted by Gasteiger charge is 2.26. The van der Waals surface area contributed by atoms with Crippen molar-refractivity contribution in [2.45, 2.75) is 26.4 Å². The van der Waals surface area contributed by atoms with E-state index in [9.17, 15) is 5.11 Å². The molecule has 0 amide bonds. The third-order valence-corrected chi connectivity index (χ3v) is 4.05. The fourth-order valence-corrected chi connectivity index (χ4v) is 2.98. The van der Waals surface area contributed by atoms with E-state index in [0.717, 1.165) is 36.5 Å². The summed E-state index contributed by atoms with van der Waals surface area (Å²) in [6.45, 7) is 9.69. The van der Waals surface area contributed by atoms with E-state index >= 15 is 0 Å². The molecule has 0 radical (unpaired) electrons. The number of benzene rings is 2. The Labute approximate surface area is 137 Å². The van der Waals surface area contributed by atoms with Crippen molar-refractivity contribution in [3.05, 3.63) is 65.7 Å². The molecule has 1 atom stereocenters. The lowest BCUT2D eigenvalue weighted by atomic mass is 10.0. The molecular weight excluding hydrogens is 286 g/mol. The largest absolute Gasteiger partial charge is 0.508 e. The first-order chi connectivity index (χ1) is 11.0. The molecule has 120 valence electrons. The SMILES string of the molecule is C=C(C)CN1CC(Cc2ccc(C)cc2)Oc2ccc(O)cc21. The zero-order chi connectivity index (χ0) is 16.4. The van der Waals surface area contributed by atoms with E-state index < -0.39 is 0 Å². The lowest BCUT2D eigenvalue weighted by Gasteiger charge is -2.36. The summed E-state index contributed by atoms with van der Waals surface area (Å²) < 4.78 is 6.15. The minimum atomic E-state index is 0.0918. The number of nitrogens with zero attached hydrogens (tertiary/aromatic N) is 1. The molecular formula is C20H23NO2. The normalized spacial score (nSPS) is 16.6. The number of ether oxygens (including phenoxy) is 1. The van der Waals surface area contributed by atoms with Gasteiger partial charge in [0.2, 0.25) is 0 Å². The Morgan fingerprint density at radius 1 is 1.26 bits per heavy atom. The molecule has 0 saturated carbocycles. The zero-order valence-electron chi connectivity index (χ0n) is 13.7. The van der Waals surface area contributed by atoms with Gasteiger partial charge in [-0.05, 0) is 31.5 Å². The van der Waals surface area contributed by atoms with Crippen LogP contribution in [0.4, 0.5) is 5.69 Å². The van der Waals surface area contributed by atoms with Crippen molar-refractivity contribution in [2.75, 3.05) is 18.0 Å². The van der Waals surface area contributed by atoms with Gasteiger partial charge in [0, 0.05) is 19.0 Å². The van der Waals surface area contributed by atoms with Gasteiger partial charge in [-0.2, -0.15) is 0 Å². The van der Waals surface area contributed by atoms with Gasteiger partial charge in [-0.3, -0.25) is 0 Å². The standard InChI is InChI=1S/C20H23NO2/c1-14(2)12-21-13-18(10-16-6-4-15(3)5-7-16)23-20-9-8-17(22)11-19(20)21/h4-9,11,18,22H,1,10,12-13H2,2-3H3. The van der Waals surface area contributed by atoms with Crippen molar-refractivity contribution in [1.82, 2.24) is 0 Å². The third-order valence-electron chi connectivity index (χ3n) is 4.05. The molecule has 0 fully saturated rings. The number of anilines is 1. The molecule has 0 aliphatic carbocycles. The number of phenols is 1. The number of hydrogen-bond donors (Lipinski definition) is 1. The summed E-state index contributed by atoms with van der Waals surface area (Å²) in [5, 5.41) is 9.76. The number of phenolic OH excluding ortho intramolecular Hbond substituents is 1. The van der Waals surface area contributed by atoms with Gasteiger partial charge >= 0.3 is 0 Å². The van der Waals surface area contributed by atoms with Crippen molar-refractivity contribution in [3.8, 4) is 11.5 Å². The Hall–Kier alpha value is -2.42. The number of fused-ring (bicyclic) bond motifs is 1. The van der Waals surface area contributed by atoms with Gasteiger partial charge in [0.15, 0.2) is 0 Å². The Kier molecular flexibility index (Phi) is 4.28. The van der Waals surface area contributed by atoms with E-state index in [2.05, 4.69) is 42.7 Å². The molecule has 23 heavy (non-hydrogen) atoms. The average Bonchev–Trinajstić information content (AvgIpc) is 2.50. The number of rotatable bonds is 4. The lowest BCUT2D eigenvalue weighted by Crippen LogP contribution is -2.41. The Balaban J connectivity index is 1.83. The first kappa shape index (κ1) is 15.5. The topological polar surface area (TPSA) is 32.7 Å². The van der Waals surface area contributed by atoms with Crippen molar-refractivity contribution < 1.29 is 9.84 Å². The summed E-state index contributed by atoms with van der Waals surface area (Å²) in [6, 6.07) is 13.9. The molecule has 0 aromatic heterocycles. The van der Waals surface area contributed by atoms with Crippen LogP contribution in [0.5, 0.6) is 11.5 Å². The molecule has 1 aliphatic heterocycles. The van der Waals surface area contributed by atoms with Crippen molar-refractivity contribution in [2.24, 2.45) is 0 Å². The highest BCUT2D eigenvalue weighted by Crippen LogP contribution is 2.37. The lowest BCUT2D eigenvalue weighted by molar-refractivity contribution is 0.194. The Morgan fingerprint density at radius 2 is 2.00 bits per heavy atom. The van der Waals surface area contributed by atoms with Crippen molar-refractivity contribution >= 4 is 5.69 Å². The van der Waals surface area contributed by atoms with E-state index in [1.807, 2.05) is 13.0 Å². The molecule has 3 nitrogen and oxygen atoms in total. The van der Waals surface area contributed by atoms with Crippen molar-refractivity contribution in [3.63, 3.8) is 0 Å². The highest BCUT2D eigenvalue weighted by molar-refractivity contribution is 5.63. The van der Waals surface area contributed by atoms with Crippen LogP contribution in [-0.2, 0) is 6.42 Å². The monoisotopic (exact) mass is 309 g/mol. The van der Waals surface area contributed by atoms with Crippen LogP contribution in [0, 0.1) is 6.92 Å². The predicted molar refractivity (Wildman–Crippen MR) is 94.4 cm³/mol. The van der Waals surface area contributed by atoms with E-state index in [-0.39, 0.29) is 11.9 Å². The minimum Gasteiger partial charge on any atom is -0.508 e. The summed E-state index contributed by atoms with van der Waals surface area (Å²) in [4.78, 5) is 2.24. The molecule has 1 N–H and O–H groups in total. The molecule has 3 rings (SSSR count). The first-order valence-corrected chi connectivity index (χ1v) is 7.96. The Bertz CT molecular complexity index is 706. The van der Waals surface area contributed by atoms with Crippen LogP contribution in [0.25, 0.3) is 0 Å². The van der Waals surface area contributed by atoms with Gasteiger partial charge < -0.3 is 14.7 Å². The van der Waals surface area contributed by atoms with Crippen molar-refractivity contribution in [1.29, 1.82) is 0 Å². The molecule has 0 spiro atoms. The first-order valence-electron chi connectivity index (χ1n) is 7.96. The summed E-state index contributed by atoms with van der Waals surface area (Å²) in [7, 11) is 0. The molecule has 0 bridgehead atoms. The quantitative estimate of drug-likeness (QED) is 0.864. The van der Waals surface area contributed by atoms with Gasteiger partial charge in [0.25, 0.3) is 0 Å². The fraction of sp³-hybridized carbons (Fsp3) is 0.300. The number of hydrogen-bond acceptors (Lipinski definition) is 3. The van der Waals surface area contributed by atoms with Crippen LogP contribution in [0.3, 0.4) is 0 Å². The molecule has 1 unspecified atom stereocenters. The second-order valence-corrected chi connectivity index (χ2v) is 6.42. The smallest absolute Gasteiger partial charge is 0.143 e. The summed E-state index contributed by atoms with van der Waals surface area (Å²) in [5.41, 5.74) is 4.57. The average molecular weight is 309 g/mol. The van der Waals surface area contributed by atoms with Crippen LogP contribution in [0.1, 0.15) is 18.1 Å². The second kappa shape index (κ2) is 6.37. The maximum absolute atomic E-state index is 9.76. The molecule has 2 aromatic carbocycles. The van der Waals surface area contributed by atoms with Gasteiger partial charge in [-0.15, -0.1) is 0 Å². The van der Waals surface area contributed by atoms with Gasteiger partial charge in [0.1, 0.15) is 17.6 Å². The summed E-state index contributed by atoms with van der Waals surface area (Å²) >= 11 is 0. The van der Waals surface area contributed by atoms with Gasteiger partial charge in [-0.25, -0.2) is 0 Å². The van der Waals surface area contributed by atoms with Crippen LogP contribution < -0.4 is 9.64 Å². The minimum absolute atomic E-state index is 0.0918. The third kappa shape index (κ3) is 3.67. The van der Waals surface area contributed by atoms with E-state index in [1.165, 1.54) is 11.1 Å². The molecule has 1 aliphatic rings. The summed E-state index contributed by atoms with van der Waals surface area (Å²) in [5.74, 6) is 1.09. The van der Waals surface area contributed by atoms with Crippen LogP contribution in [0.2, 0.25) is 0 Å². The summed E-state index contributed by atoms with van der Waals surface area (Å²) in [6.07, 6.45) is 0.960. The van der Waals surface area contributed by atoms with Crippen LogP contribution >= 0.6 is 0 Å². The fourth-order valence-electron chi connectivity index (χ4n) is 2.98. The zero-order valence-corrected chi connectivity index (χ0v) is 13.7. The second-order valence-electron chi connectivity index (χ2n) is 6.42. The number of aryl methyl sites for hydroxylation is 1. The van der Waals surface area contributed by atoms with Crippen LogP contribution in [0.15, 0.2) is 54.6 Å².